The largest absolute Gasteiger partial charge is 0.317 e. The molecule has 0 saturated carbocycles. The maximum Gasteiger partial charge on any atom is 0.172 e. The van der Waals surface area contributed by atoms with Crippen LogP contribution in [0.1, 0.15) is 0 Å². The molecule has 0 aromatic heterocycles. The zero-order valence-corrected chi connectivity index (χ0v) is 22.6. The standard InChI is InChI=1S/C28H36N4P2/c1-29-19-20-30(2)27(29)34(28-31(3)21-22-32(28)4)26-18-12-11-17-25(26)33(23-13-7-5-8-14-23)24-15-9-6-10-16-24/h5-18,27-28H,19-22H2,1-4H3/p+2. The molecule has 0 radical (unpaired) electrons. The van der Waals surface area contributed by atoms with Crippen molar-refractivity contribution in [1.82, 2.24) is 9.80 Å². The van der Waals surface area contributed by atoms with Crippen molar-refractivity contribution in [2.24, 2.45) is 0 Å². The van der Waals surface area contributed by atoms with Crippen LogP contribution < -0.4 is 31.0 Å². The predicted octanol–water partition coefficient (Wildman–Crippen LogP) is 0.0394. The third-order valence-electron chi connectivity index (χ3n) is 7.39. The van der Waals surface area contributed by atoms with E-state index in [1.807, 2.05) is 0 Å². The Bertz CT molecular complexity index is 997. The third kappa shape index (κ3) is 4.61. The number of rotatable bonds is 6. The quantitative estimate of drug-likeness (QED) is 0.473. The molecule has 6 heteroatoms. The van der Waals surface area contributed by atoms with Crippen molar-refractivity contribution in [3.05, 3.63) is 84.9 Å². The SMILES string of the molecule is CN1CC[NH+](C)C1P(c1ccccc1P(c1ccccc1)c1ccccc1)C1N(C)CC[NH+]1C. The Kier molecular flexibility index (Phi) is 7.46. The molecule has 4 atom stereocenters. The van der Waals surface area contributed by atoms with Gasteiger partial charge in [0, 0.05) is 0 Å². The van der Waals surface area contributed by atoms with Crippen molar-refractivity contribution in [3.63, 3.8) is 0 Å². The summed E-state index contributed by atoms with van der Waals surface area (Å²) in [5.74, 6) is 1.08. The van der Waals surface area contributed by atoms with Crippen LogP contribution in [0.3, 0.4) is 0 Å². The molecule has 2 saturated heterocycles. The molecule has 178 valence electrons. The average molecular weight is 493 g/mol. The highest BCUT2D eigenvalue weighted by atomic mass is 31.1. The Morgan fingerprint density at radius 1 is 0.618 bits per heavy atom. The van der Waals surface area contributed by atoms with Crippen molar-refractivity contribution in [3.8, 4) is 0 Å². The highest BCUT2D eigenvalue weighted by Gasteiger charge is 2.50. The van der Waals surface area contributed by atoms with Crippen molar-refractivity contribution >= 4 is 37.1 Å². The first-order chi connectivity index (χ1) is 16.6. The smallest absolute Gasteiger partial charge is 0.172 e. The van der Waals surface area contributed by atoms with Crippen LogP contribution in [0.4, 0.5) is 0 Å². The van der Waals surface area contributed by atoms with Gasteiger partial charge in [0.15, 0.2) is 11.8 Å². The summed E-state index contributed by atoms with van der Waals surface area (Å²) in [7, 11) is 8.44. The van der Waals surface area contributed by atoms with Gasteiger partial charge in [-0.3, -0.25) is 0 Å². The molecule has 0 amide bonds. The molecule has 2 heterocycles. The molecule has 2 fully saturated rings. The molecule has 4 unspecified atom stereocenters. The summed E-state index contributed by atoms with van der Waals surface area (Å²) in [4.78, 5) is 8.62. The van der Waals surface area contributed by atoms with Crippen LogP contribution >= 0.6 is 15.8 Å². The first-order valence-corrected chi connectivity index (χ1v) is 15.2. The van der Waals surface area contributed by atoms with E-state index in [4.69, 9.17) is 0 Å². The van der Waals surface area contributed by atoms with Gasteiger partial charge in [0.2, 0.25) is 0 Å². The molecule has 0 aliphatic carbocycles. The minimum Gasteiger partial charge on any atom is -0.317 e. The first-order valence-electron chi connectivity index (χ1n) is 12.4. The average Bonchev–Trinajstić information content (AvgIpc) is 3.38. The molecular weight excluding hydrogens is 454 g/mol. The van der Waals surface area contributed by atoms with E-state index in [1.54, 1.807) is 20.4 Å². The Morgan fingerprint density at radius 2 is 1.03 bits per heavy atom. The van der Waals surface area contributed by atoms with E-state index in [-0.39, 0.29) is 0 Å². The molecule has 0 spiro atoms. The molecule has 5 rings (SSSR count). The van der Waals surface area contributed by atoms with Gasteiger partial charge in [-0.15, -0.1) is 0 Å². The van der Waals surface area contributed by atoms with Gasteiger partial charge in [-0.05, 0) is 43.2 Å². The van der Waals surface area contributed by atoms with Crippen LogP contribution in [0.25, 0.3) is 0 Å². The van der Waals surface area contributed by atoms with Crippen molar-refractivity contribution in [2.75, 3.05) is 54.4 Å². The zero-order chi connectivity index (χ0) is 23.7. The summed E-state index contributed by atoms with van der Waals surface area (Å²) in [5.41, 5.74) is 0. The van der Waals surface area contributed by atoms with E-state index in [0.29, 0.717) is 11.8 Å². The van der Waals surface area contributed by atoms with Gasteiger partial charge < -0.3 is 9.80 Å². The van der Waals surface area contributed by atoms with Gasteiger partial charge >= 0.3 is 0 Å². The Labute approximate surface area is 207 Å². The van der Waals surface area contributed by atoms with Crippen molar-refractivity contribution in [1.29, 1.82) is 0 Å². The molecule has 4 nitrogen and oxygen atoms in total. The van der Waals surface area contributed by atoms with Crippen LogP contribution in [0, 0.1) is 0 Å². The molecule has 3 aromatic carbocycles. The maximum atomic E-state index is 2.64. The number of likely N-dealkylation sites (N-methyl/N-ethyl adjacent to an activating group) is 4. The molecular formula is C28H38N4P2+2. The summed E-state index contributed by atoms with van der Waals surface area (Å²) in [5, 5.41) is 6.02. The first kappa shape index (κ1) is 24.1. The summed E-state index contributed by atoms with van der Waals surface area (Å²) >= 11 is 0. The van der Waals surface area contributed by atoms with E-state index in [0.717, 1.165) is 0 Å². The monoisotopic (exact) mass is 492 g/mol. The lowest BCUT2D eigenvalue weighted by molar-refractivity contribution is -0.893. The summed E-state index contributed by atoms with van der Waals surface area (Å²) < 4.78 is 0. The molecule has 2 aliphatic rings. The van der Waals surface area contributed by atoms with Crippen LogP contribution in [0.5, 0.6) is 0 Å². The minimum absolute atomic E-state index is 0.455. The molecule has 2 N–H and O–H groups in total. The van der Waals surface area contributed by atoms with E-state index in [1.165, 1.54) is 36.8 Å². The summed E-state index contributed by atoms with van der Waals surface area (Å²) in [6.07, 6.45) is 0. The molecule has 2 aliphatic heterocycles. The number of hydrogen-bond donors (Lipinski definition) is 2. The Balaban J connectivity index is 1.70. The number of hydrogen-bond acceptors (Lipinski definition) is 2. The number of nitrogens with one attached hydrogen (secondary N) is 2. The second-order valence-electron chi connectivity index (χ2n) is 9.80. The van der Waals surface area contributed by atoms with Crippen molar-refractivity contribution < 1.29 is 9.80 Å². The molecule has 3 aromatic rings. The lowest BCUT2D eigenvalue weighted by atomic mass is 10.3. The van der Waals surface area contributed by atoms with Gasteiger partial charge in [0.25, 0.3) is 0 Å². The van der Waals surface area contributed by atoms with Crippen molar-refractivity contribution in [2.45, 2.75) is 11.8 Å². The van der Waals surface area contributed by atoms with Gasteiger partial charge in [-0.1, -0.05) is 84.9 Å². The predicted molar refractivity (Wildman–Crippen MR) is 148 cm³/mol. The summed E-state index contributed by atoms with van der Waals surface area (Å²) in [6, 6.07) is 31.8. The van der Waals surface area contributed by atoms with Crippen LogP contribution in [0.2, 0.25) is 0 Å². The minimum atomic E-state index is -0.624. The lowest BCUT2D eigenvalue weighted by Crippen LogP contribution is -3.14. The van der Waals surface area contributed by atoms with Gasteiger partial charge in [-0.25, -0.2) is 9.80 Å². The molecule has 34 heavy (non-hydrogen) atoms. The highest BCUT2D eigenvalue weighted by molar-refractivity contribution is 7.82. The van der Waals surface area contributed by atoms with Gasteiger partial charge in [0.05, 0.1) is 48.2 Å². The number of quaternary nitrogens is 2. The van der Waals surface area contributed by atoms with Crippen LogP contribution in [0.15, 0.2) is 84.9 Å². The highest BCUT2D eigenvalue weighted by Crippen LogP contribution is 2.46. The summed E-state index contributed by atoms with van der Waals surface area (Å²) in [6.45, 7) is 4.81. The number of nitrogens with zero attached hydrogens (tertiary/aromatic N) is 2. The Morgan fingerprint density at radius 3 is 1.44 bits per heavy atom. The third-order valence-corrected chi connectivity index (χ3v) is 13.7. The topological polar surface area (TPSA) is 15.4 Å². The second kappa shape index (κ2) is 10.5. The molecule has 0 bridgehead atoms. The van der Waals surface area contributed by atoms with Crippen LogP contribution in [-0.4, -0.2) is 76.0 Å². The van der Waals surface area contributed by atoms with Crippen LogP contribution in [-0.2, 0) is 0 Å². The zero-order valence-electron chi connectivity index (χ0n) is 20.9. The fourth-order valence-corrected chi connectivity index (χ4v) is 12.4. The maximum absolute atomic E-state index is 2.64. The second-order valence-corrected chi connectivity index (χ2v) is 14.3. The fourth-order valence-electron chi connectivity index (χ4n) is 5.71. The fraction of sp³-hybridized carbons (Fsp3) is 0.357. The Hall–Kier alpha value is -1.64. The van der Waals surface area contributed by atoms with E-state index in [2.05, 4.69) is 123 Å². The van der Waals surface area contributed by atoms with Gasteiger partial charge in [0.1, 0.15) is 0 Å². The van der Waals surface area contributed by atoms with Gasteiger partial charge in [-0.2, -0.15) is 0 Å². The lowest BCUT2D eigenvalue weighted by Gasteiger charge is -2.38. The van der Waals surface area contributed by atoms with E-state index >= 15 is 0 Å². The normalized spacial score (nSPS) is 26.9. The number of benzene rings is 3. The van der Waals surface area contributed by atoms with E-state index < -0.39 is 15.8 Å². The van der Waals surface area contributed by atoms with E-state index in [9.17, 15) is 0 Å².